The van der Waals surface area contributed by atoms with Crippen LogP contribution in [0.4, 0.5) is 55.6 Å². The van der Waals surface area contributed by atoms with Gasteiger partial charge < -0.3 is 67.0 Å². The van der Waals surface area contributed by atoms with E-state index >= 15 is 0 Å². The highest BCUT2D eigenvalue weighted by Gasteiger charge is 2.31. The maximum absolute atomic E-state index is 12.4. The van der Waals surface area contributed by atoms with Crippen LogP contribution in [0.3, 0.4) is 0 Å². The highest BCUT2D eigenvalue weighted by molar-refractivity contribution is 7.90. The van der Waals surface area contributed by atoms with Crippen LogP contribution in [-0.4, -0.2) is 129 Å². The summed E-state index contributed by atoms with van der Waals surface area (Å²) in [5.41, 5.74) is 24.3. The molecule has 5 heterocycles. The molecule has 1 aliphatic carbocycles. The number of nitrogens with zero attached hydrogens (tertiary/aromatic N) is 10. The van der Waals surface area contributed by atoms with Crippen molar-refractivity contribution in [2.45, 2.75) is 107 Å². The van der Waals surface area contributed by atoms with E-state index in [1.807, 2.05) is 194 Å². The molecule has 0 aliphatic heterocycles. The molecule has 15 aromatic rings. The average molecular weight is 1900 g/mol. The van der Waals surface area contributed by atoms with E-state index in [9.17, 15) is 66.7 Å². The second-order valence-electron chi connectivity index (χ2n) is 31.7. The van der Waals surface area contributed by atoms with Gasteiger partial charge in [0.2, 0.25) is 5.91 Å². The van der Waals surface area contributed by atoms with E-state index in [1.54, 1.807) is 94.6 Å². The largest absolute Gasteiger partial charge is 0.497 e. The van der Waals surface area contributed by atoms with Gasteiger partial charge in [0.05, 0.1) is 110 Å². The van der Waals surface area contributed by atoms with Gasteiger partial charge in [0, 0.05) is 130 Å². The number of halogens is 4. The van der Waals surface area contributed by atoms with Crippen LogP contribution in [0.1, 0.15) is 96.0 Å². The van der Waals surface area contributed by atoms with Crippen molar-refractivity contribution in [2.24, 2.45) is 5.92 Å². The van der Waals surface area contributed by atoms with Gasteiger partial charge in [0.1, 0.15) is 112 Å². The maximum atomic E-state index is 12.4. The van der Waals surface area contributed by atoms with Crippen molar-refractivity contribution in [2.75, 3.05) is 100 Å². The summed E-state index contributed by atoms with van der Waals surface area (Å²) in [5.74, 6) is 3.23. The second kappa shape index (κ2) is 47.7. The number of carbonyl (C=O) groups is 3. The van der Waals surface area contributed by atoms with Crippen molar-refractivity contribution in [1.29, 1.82) is 26.3 Å². The Labute approximate surface area is 802 Å². The Bertz CT molecular complexity index is 7280. The number of benzene rings is 10. The number of anilines is 5. The summed E-state index contributed by atoms with van der Waals surface area (Å²) in [4.78, 5) is 34.9. The minimum absolute atomic E-state index is 0.00431. The highest BCUT2D eigenvalue weighted by atomic mass is 32.2. The summed E-state index contributed by atoms with van der Waals surface area (Å²) in [6.45, 7) is 16.7. The molecule has 0 bridgehead atoms. The molecule has 1 fully saturated rings. The zero-order valence-corrected chi connectivity index (χ0v) is 79.4. The highest BCUT2D eigenvalue weighted by Crippen LogP contribution is 2.43. The lowest BCUT2D eigenvalue weighted by Crippen LogP contribution is -2.35. The van der Waals surface area contributed by atoms with Gasteiger partial charge in [-0.1, -0.05) is 60.7 Å². The van der Waals surface area contributed by atoms with E-state index in [0.29, 0.717) is 119 Å². The first kappa shape index (κ1) is 102. The van der Waals surface area contributed by atoms with Crippen LogP contribution in [0.5, 0.6) is 28.7 Å². The van der Waals surface area contributed by atoms with E-state index in [-0.39, 0.29) is 44.3 Å². The quantitative estimate of drug-likeness (QED) is 0.0168. The zero-order chi connectivity index (χ0) is 99.6. The second-order valence-corrected chi connectivity index (χ2v) is 33.1. The number of aryl methyl sites for hydroxylation is 5. The molecule has 1 saturated carbocycles. The number of nitriles is 5. The molecule has 0 saturated heterocycles. The molecule has 0 unspecified atom stereocenters. The monoisotopic (exact) mass is 1900 g/mol. The molecule has 33 heteroatoms. The predicted molar refractivity (Wildman–Crippen MR) is 534 cm³/mol. The Hall–Kier alpha value is -16.4. The third-order valence-corrected chi connectivity index (χ3v) is 23.8. The van der Waals surface area contributed by atoms with E-state index in [0.717, 1.165) is 129 Å². The fraction of sp³-hybridized carbons (Fsp3) is 0.264. The van der Waals surface area contributed by atoms with Gasteiger partial charge in [-0.25, -0.2) is 27.2 Å². The standard InChI is InChI=1S/C23H22FN3O2.C22H22FN3O3.C21H20FN3O3.C21H24N4O3S.C19H18FN3O/c1-2-27-21-13-18(29-12-11-24)9-10-19(21)20(14-25)22(27)15-5-7-17(8-6-15)26-23(28)16-3-4-16;1-3-26-20-13-17(29-12-11-23)9-10-18(20)19(14-24)21(26)15-5-7-16(8-6-15)25-22(27)28-4-2;1-3-25-19-12-16(28-11-10-22)8-9-17(19)18(13-23)20(25)14-4-6-15(7-5-14)24-21(26)27-2;1-5-25-20-12-17(28-4)9-10-18(20)19(13-22)21(25)15-7-6-8-16(11-15)24-29(26,27)23-14(2)3;1-2-23-18-11-15(24-10-9-20)7-8-16(18)17(12-21)19(23)13-3-5-14(22)6-4-13/h5-10,13,16H,2-4,11-12H2,1H3,(H,26,28);5-10,13H,3-4,11-12H2,1-2H3,(H,25,27);4-9,12H,3,10-11H2,1-2H3,(H,24,26);6-12,14,23-24H,5H2,1-4H3;3-8,11H,2,9-10,22H2,1H3. The summed E-state index contributed by atoms with van der Waals surface area (Å²) in [5, 5.41) is 61.3. The Balaban J connectivity index is 0.000000156. The lowest BCUT2D eigenvalue weighted by molar-refractivity contribution is -0.117. The zero-order valence-electron chi connectivity index (χ0n) is 78.5. The van der Waals surface area contributed by atoms with Crippen LogP contribution in [0.2, 0.25) is 0 Å². The van der Waals surface area contributed by atoms with Crippen LogP contribution >= 0.6 is 0 Å². The summed E-state index contributed by atoms with van der Waals surface area (Å²) < 4.78 is 126. The first-order valence-electron chi connectivity index (χ1n) is 45.2. The van der Waals surface area contributed by atoms with Crippen molar-refractivity contribution in [3.8, 4) is 115 Å². The summed E-state index contributed by atoms with van der Waals surface area (Å²) >= 11 is 0. The lowest BCUT2D eigenvalue weighted by Gasteiger charge is -2.13. The van der Waals surface area contributed by atoms with Crippen LogP contribution in [0, 0.1) is 62.6 Å². The average Bonchev–Trinajstić information content (AvgIpc) is 1.63. The molecule has 16 rings (SSSR count). The number of nitrogen functional groups attached to an aromatic ring is 1. The molecule has 7 N–H and O–H groups in total. The van der Waals surface area contributed by atoms with Gasteiger partial charge in [-0.15, -0.1) is 0 Å². The van der Waals surface area contributed by atoms with Crippen LogP contribution < -0.4 is 54.8 Å². The SMILES string of the molecule is CCOC(=O)Nc1ccc(-c2c(C#N)c3ccc(OCCF)cc3n2CC)cc1.CCn1c(-c2ccc(N)cc2)c(C#N)c2ccc(OCCF)cc21.CCn1c(-c2ccc(NC(=O)C3CC3)cc2)c(C#N)c2ccc(OCCF)cc21.CCn1c(-c2ccc(NC(=O)OC)cc2)c(C#N)c2ccc(OCCF)cc21.CCn1c(-c2cccc(NS(=O)(=O)NC(C)C)c2)c(C#N)c2ccc(OC)cc21. The van der Waals surface area contributed by atoms with Crippen molar-refractivity contribution < 1.29 is 73.5 Å². The minimum atomic E-state index is -3.69. The first-order chi connectivity index (χ1) is 67.4. The van der Waals surface area contributed by atoms with Crippen LogP contribution in [0.25, 0.3) is 111 Å². The summed E-state index contributed by atoms with van der Waals surface area (Å²) in [7, 11) is -0.782. The van der Waals surface area contributed by atoms with E-state index in [1.165, 1.54) is 7.11 Å². The van der Waals surface area contributed by atoms with Gasteiger partial charge in [-0.2, -0.15) is 39.4 Å². The number of nitrogens with two attached hydrogens (primary N) is 1. The fourth-order valence-corrected chi connectivity index (χ4v) is 17.6. The van der Waals surface area contributed by atoms with Gasteiger partial charge in [-0.05, 0) is 212 Å². The number of rotatable bonds is 32. The number of nitrogens with one attached hydrogen (secondary N) is 5. The van der Waals surface area contributed by atoms with Crippen LogP contribution in [0.15, 0.2) is 212 Å². The third-order valence-electron chi connectivity index (χ3n) is 22.5. The minimum Gasteiger partial charge on any atom is -0.497 e. The molecular formula is C106H106F4N16O12S. The number of ether oxygens (including phenoxy) is 7. The molecule has 10 aromatic carbocycles. The molecular weight excluding hydrogens is 1800 g/mol. The van der Waals surface area contributed by atoms with Gasteiger partial charge in [0.15, 0.2) is 0 Å². The number of hydrogen-bond donors (Lipinski definition) is 6. The van der Waals surface area contributed by atoms with Crippen LogP contribution in [-0.2, 0) is 57.2 Å². The molecule has 0 atom stereocenters. The molecule has 3 amide bonds. The fourth-order valence-electron chi connectivity index (χ4n) is 16.5. The van der Waals surface area contributed by atoms with Crippen molar-refractivity contribution in [3.63, 3.8) is 0 Å². The molecule has 28 nitrogen and oxygen atoms in total. The molecule has 716 valence electrons. The first-order valence-corrected chi connectivity index (χ1v) is 46.7. The number of aromatic nitrogens is 5. The van der Waals surface area contributed by atoms with E-state index in [2.05, 4.69) is 69.6 Å². The van der Waals surface area contributed by atoms with E-state index in [4.69, 9.17) is 34.2 Å². The molecule has 1 aliphatic rings. The normalized spacial score (nSPS) is 11.4. The Morgan fingerprint density at radius 2 is 0.698 bits per heavy atom. The number of amides is 3. The third kappa shape index (κ3) is 23.8. The summed E-state index contributed by atoms with van der Waals surface area (Å²) in [6, 6.07) is 75.2. The molecule has 0 radical (unpaired) electrons. The van der Waals surface area contributed by atoms with E-state index < -0.39 is 49.1 Å². The predicted octanol–water partition coefficient (Wildman–Crippen LogP) is 22.7. The molecule has 0 spiro atoms. The van der Waals surface area contributed by atoms with Crippen molar-refractivity contribution >= 4 is 111 Å². The number of carbonyl (C=O) groups excluding carboxylic acids is 3. The van der Waals surface area contributed by atoms with Crippen molar-refractivity contribution in [1.82, 2.24) is 27.6 Å². The number of methoxy groups -OCH3 is 2. The smallest absolute Gasteiger partial charge is 0.411 e. The lowest BCUT2D eigenvalue weighted by atomic mass is 10.1. The Morgan fingerprint density at radius 3 is 0.986 bits per heavy atom. The number of hydrogen-bond acceptors (Lipinski definition) is 18. The van der Waals surface area contributed by atoms with Gasteiger partial charge in [-0.3, -0.25) is 20.2 Å². The Kier molecular flexibility index (Phi) is 34.8. The van der Waals surface area contributed by atoms with Gasteiger partial charge >= 0.3 is 12.2 Å². The Morgan fingerprint density at radius 1 is 0.396 bits per heavy atom. The maximum Gasteiger partial charge on any atom is 0.411 e. The van der Waals surface area contributed by atoms with Crippen molar-refractivity contribution in [3.05, 3.63) is 240 Å². The summed E-state index contributed by atoms with van der Waals surface area (Å²) in [6.07, 6.45) is 0.863. The number of fused-ring (bicyclic) bond motifs is 5. The molecule has 139 heavy (non-hydrogen) atoms. The topological polar surface area (TPSA) is 380 Å². The van der Waals surface area contributed by atoms with Gasteiger partial charge in [0.25, 0.3) is 10.2 Å². The molecule has 5 aromatic heterocycles. The number of alkyl halides is 4.